The summed E-state index contributed by atoms with van der Waals surface area (Å²) in [5.41, 5.74) is 4.90. The molecular formula is C30H28F2N4O. The first kappa shape index (κ1) is 24.7. The third-order valence-electron chi connectivity index (χ3n) is 6.84. The highest BCUT2D eigenvalue weighted by atomic mass is 19.1. The van der Waals surface area contributed by atoms with Crippen LogP contribution >= 0.6 is 0 Å². The Morgan fingerprint density at radius 1 is 1.00 bits per heavy atom. The van der Waals surface area contributed by atoms with Crippen molar-refractivity contribution in [1.29, 1.82) is 0 Å². The summed E-state index contributed by atoms with van der Waals surface area (Å²) in [6, 6.07) is 16.7. The molecule has 0 bridgehead atoms. The Morgan fingerprint density at radius 3 is 2.54 bits per heavy atom. The minimum Gasteiger partial charge on any atom is -0.298 e. The van der Waals surface area contributed by atoms with Crippen molar-refractivity contribution in [2.24, 2.45) is 5.92 Å². The lowest BCUT2D eigenvalue weighted by Crippen LogP contribution is -2.16. The van der Waals surface area contributed by atoms with Crippen LogP contribution in [0.1, 0.15) is 43.5 Å². The standard InChI is InChI=1S/C30H28F2N4O/c1-20-14-24(12-13-27(20)32)28-16-29(22-7-3-2-4-8-22)36(35-28)19-26(37)15-21-6-5-9-23(11-10-21)30-33-17-25(31)18-34-30/h2-4,7-9,12-14,16-18,21H,5-6,10-11,15,19H2,1H3. The third-order valence-corrected chi connectivity index (χ3v) is 6.84. The van der Waals surface area contributed by atoms with Crippen molar-refractivity contribution in [2.75, 3.05) is 0 Å². The second kappa shape index (κ2) is 10.9. The highest BCUT2D eigenvalue weighted by Gasteiger charge is 2.21. The van der Waals surface area contributed by atoms with Gasteiger partial charge < -0.3 is 0 Å². The SMILES string of the molecule is Cc1cc(-c2cc(-c3ccccc3)n(CC(=O)CC3CCC=C(c4ncc(F)cn4)CC3)n2)ccc1F. The van der Waals surface area contributed by atoms with Crippen molar-refractivity contribution in [3.63, 3.8) is 0 Å². The molecule has 5 rings (SSSR count). The third kappa shape index (κ3) is 5.88. The fraction of sp³-hybridized carbons (Fsp3) is 0.267. The van der Waals surface area contributed by atoms with Crippen molar-refractivity contribution in [3.8, 4) is 22.5 Å². The molecule has 1 unspecified atom stereocenters. The van der Waals surface area contributed by atoms with E-state index in [-0.39, 0.29) is 24.1 Å². The van der Waals surface area contributed by atoms with Crippen LogP contribution in [0.15, 0.2) is 73.1 Å². The quantitative estimate of drug-likeness (QED) is 0.280. The molecule has 1 atom stereocenters. The fourth-order valence-corrected chi connectivity index (χ4v) is 4.86. The monoisotopic (exact) mass is 498 g/mol. The van der Waals surface area contributed by atoms with E-state index in [0.29, 0.717) is 23.5 Å². The number of Topliss-reactive ketones (excluding diaryl/α,β-unsaturated/α-hetero) is 1. The van der Waals surface area contributed by atoms with Crippen LogP contribution in [0.25, 0.3) is 28.1 Å². The summed E-state index contributed by atoms with van der Waals surface area (Å²) in [6.07, 6.45) is 8.29. The normalized spacial score (nSPS) is 15.8. The van der Waals surface area contributed by atoms with E-state index in [1.54, 1.807) is 23.7 Å². The van der Waals surface area contributed by atoms with E-state index >= 15 is 0 Å². The first-order valence-corrected chi connectivity index (χ1v) is 12.5. The number of hydrogen-bond donors (Lipinski definition) is 0. The molecule has 0 fully saturated rings. The van der Waals surface area contributed by atoms with Gasteiger partial charge in [0.15, 0.2) is 17.4 Å². The number of nitrogens with zero attached hydrogens (tertiary/aromatic N) is 4. The Kier molecular flexibility index (Phi) is 7.30. The zero-order valence-corrected chi connectivity index (χ0v) is 20.7. The van der Waals surface area contributed by atoms with Crippen LogP contribution in [0.5, 0.6) is 0 Å². The molecule has 0 aliphatic heterocycles. The number of hydrogen-bond acceptors (Lipinski definition) is 4. The van der Waals surface area contributed by atoms with E-state index in [1.807, 2.05) is 36.4 Å². The Bertz CT molecular complexity index is 1430. The number of ketones is 1. The second-order valence-electron chi connectivity index (χ2n) is 9.58. The molecule has 0 spiro atoms. The summed E-state index contributed by atoms with van der Waals surface area (Å²) in [4.78, 5) is 21.4. The van der Waals surface area contributed by atoms with Gasteiger partial charge >= 0.3 is 0 Å². The molecule has 0 N–H and O–H groups in total. The predicted octanol–water partition coefficient (Wildman–Crippen LogP) is 6.83. The van der Waals surface area contributed by atoms with Gasteiger partial charge in [-0.25, -0.2) is 18.7 Å². The lowest BCUT2D eigenvalue weighted by atomic mass is 9.93. The smallest absolute Gasteiger partial charge is 0.159 e. The number of halogens is 2. The molecule has 0 saturated carbocycles. The highest BCUT2D eigenvalue weighted by molar-refractivity contribution is 5.80. The van der Waals surface area contributed by atoms with E-state index in [1.165, 1.54) is 18.5 Å². The van der Waals surface area contributed by atoms with E-state index in [4.69, 9.17) is 5.10 Å². The maximum Gasteiger partial charge on any atom is 0.159 e. The van der Waals surface area contributed by atoms with Gasteiger partial charge in [-0.2, -0.15) is 5.10 Å². The Hall–Kier alpha value is -4.00. The van der Waals surface area contributed by atoms with Gasteiger partial charge in [-0.05, 0) is 79.5 Å². The van der Waals surface area contributed by atoms with Gasteiger partial charge in [-0.1, -0.05) is 36.4 Å². The number of carbonyl (C=O) groups is 1. The van der Waals surface area contributed by atoms with Gasteiger partial charge in [-0.3, -0.25) is 9.48 Å². The lowest BCUT2D eigenvalue weighted by Gasteiger charge is -2.14. The van der Waals surface area contributed by atoms with Gasteiger partial charge in [-0.15, -0.1) is 0 Å². The molecule has 4 aromatic rings. The van der Waals surface area contributed by atoms with E-state index in [2.05, 4.69) is 16.0 Å². The average molecular weight is 499 g/mol. The number of aromatic nitrogens is 4. The molecule has 2 aromatic heterocycles. The maximum atomic E-state index is 13.8. The largest absolute Gasteiger partial charge is 0.298 e. The molecule has 0 radical (unpaired) electrons. The van der Waals surface area contributed by atoms with Crippen molar-refractivity contribution >= 4 is 11.4 Å². The maximum absolute atomic E-state index is 13.8. The van der Waals surface area contributed by atoms with Gasteiger partial charge in [0.2, 0.25) is 0 Å². The number of carbonyl (C=O) groups excluding carboxylic acids is 1. The Morgan fingerprint density at radius 2 is 1.78 bits per heavy atom. The molecule has 0 amide bonds. The van der Waals surface area contributed by atoms with Crippen LogP contribution < -0.4 is 0 Å². The van der Waals surface area contributed by atoms with Crippen molar-refractivity contribution in [2.45, 2.75) is 45.6 Å². The zero-order chi connectivity index (χ0) is 25.8. The first-order chi connectivity index (χ1) is 18.0. The van der Waals surface area contributed by atoms with E-state index in [9.17, 15) is 13.6 Å². The van der Waals surface area contributed by atoms with Crippen LogP contribution in [-0.4, -0.2) is 25.5 Å². The van der Waals surface area contributed by atoms with E-state index < -0.39 is 5.82 Å². The molecule has 37 heavy (non-hydrogen) atoms. The molecule has 2 heterocycles. The average Bonchev–Trinajstić information content (AvgIpc) is 3.17. The molecule has 7 heteroatoms. The molecule has 0 saturated heterocycles. The van der Waals surface area contributed by atoms with Crippen molar-refractivity contribution < 1.29 is 13.6 Å². The van der Waals surface area contributed by atoms with Crippen LogP contribution in [0.4, 0.5) is 8.78 Å². The topological polar surface area (TPSA) is 60.7 Å². The van der Waals surface area contributed by atoms with Crippen LogP contribution in [0, 0.1) is 24.5 Å². The van der Waals surface area contributed by atoms with Gasteiger partial charge in [0.05, 0.1) is 23.8 Å². The Balaban J connectivity index is 1.30. The minimum atomic E-state index is -0.451. The zero-order valence-electron chi connectivity index (χ0n) is 20.7. The van der Waals surface area contributed by atoms with Gasteiger partial charge in [0, 0.05) is 12.0 Å². The summed E-state index contributed by atoms with van der Waals surface area (Å²) in [5, 5.41) is 4.75. The van der Waals surface area contributed by atoms with Crippen molar-refractivity contribution in [1.82, 2.24) is 19.7 Å². The number of allylic oxidation sites excluding steroid dienone is 2. The Labute approximate surface area is 214 Å². The predicted molar refractivity (Wildman–Crippen MR) is 139 cm³/mol. The van der Waals surface area contributed by atoms with E-state index in [0.717, 1.165) is 48.1 Å². The number of aryl methyl sites for hydroxylation is 1. The van der Waals surface area contributed by atoms with Crippen LogP contribution in [-0.2, 0) is 11.3 Å². The van der Waals surface area contributed by atoms with Crippen LogP contribution in [0.2, 0.25) is 0 Å². The van der Waals surface area contributed by atoms with Crippen molar-refractivity contribution in [3.05, 3.63) is 96.1 Å². The summed E-state index contributed by atoms with van der Waals surface area (Å²) in [6.45, 7) is 1.90. The number of benzene rings is 2. The molecule has 1 aliphatic carbocycles. The first-order valence-electron chi connectivity index (χ1n) is 12.5. The summed E-state index contributed by atoms with van der Waals surface area (Å²) >= 11 is 0. The fourth-order valence-electron chi connectivity index (χ4n) is 4.86. The lowest BCUT2D eigenvalue weighted by molar-refractivity contribution is -0.120. The molecule has 188 valence electrons. The summed E-state index contributed by atoms with van der Waals surface area (Å²) < 4.78 is 28.8. The number of rotatable bonds is 7. The summed E-state index contributed by atoms with van der Waals surface area (Å²) in [5.74, 6) is 0.215. The summed E-state index contributed by atoms with van der Waals surface area (Å²) in [7, 11) is 0. The van der Waals surface area contributed by atoms with Gasteiger partial charge in [0.1, 0.15) is 12.4 Å². The van der Waals surface area contributed by atoms with Crippen LogP contribution in [0.3, 0.4) is 0 Å². The molecular weight excluding hydrogens is 470 g/mol. The molecule has 1 aliphatic rings. The molecule has 2 aromatic carbocycles. The second-order valence-corrected chi connectivity index (χ2v) is 9.58. The van der Waals surface area contributed by atoms with Gasteiger partial charge in [0.25, 0.3) is 0 Å². The molecule has 5 nitrogen and oxygen atoms in total. The minimum absolute atomic E-state index is 0.119. The highest BCUT2D eigenvalue weighted by Crippen LogP contribution is 2.31.